The molecule has 2 aliphatic rings. The van der Waals surface area contributed by atoms with Crippen molar-refractivity contribution in [3.05, 3.63) is 138 Å². The number of aromatic hydroxyl groups is 1. The first-order valence-corrected chi connectivity index (χ1v) is 12.4. The molecular weight excluding hydrogens is 440 g/mol. The van der Waals surface area contributed by atoms with Crippen LogP contribution in [-0.2, 0) is 0 Å². The molecule has 1 unspecified atom stereocenters. The molecule has 1 aliphatic heterocycles. The van der Waals surface area contributed by atoms with Crippen LogP contribution >= 0.6 is 0 Å². The molecule has 176 valence electrons. The molecule has 1 heterocycles. The summed E-state index contributed by atoms with van der Waals surface area (Å²) in [5, 5.41) is 17.7. The number of hydrogen-bond acceptors (Lipinski definition) is 3. The van der Waals surface area contributed by atoms with Crippen molar-refractivity contribution >= 4 is 11.3 Å². The van der Waals surface area contributed by atoms with Gasteiger partial charge in [-0.05, 0) is 47.2 Å². The number of phenolic OH excluding ortho intramolecular Hbond substituents is 1. The Morgan fingerprint density at radius 3 is 2.19 bits per heavy atom. The Balaban J connectivity index is 1.39. The minimum atomic E-state index is 0.288. The summed E-state index contributed by atoms with van der Waals surface area (Å²) in [7, 11) is 0. The van der Waals surface area contributed by atoms with Gasteiger partial charge in [-0.15, -0.1) is 0 Å². The van der Waals surface area contributed by atoms with Crippen LogP contribution in [0.2, 0.25) is 0 Å². The number of rotatable bonds is 5. The first-order chi connectivity index (χ1) is 17.7. The van der Waals surface area contributed by atoms with E-state index in [9.17, 15) is 5.11 Å². The van der Waals surface area contributed by atoms with Crippen molar-refractivity contribution in [3.63, 3.8) is 0 Å². The molecule has 0 spiro atoms. The average molecular weight is 469 g/mol. The lowest BCUT2D eigenvalue weighted by molar-refractivity contribution is 0.477. The summed E-state index contributed by atoms with van der Waals surface area (Å²) in [5.74, 6) is 0.903. The van der Waals surface area contributed by atoms with E-state index in [1.807, 2.05) is 30.3 Å². The van der Waals surface area contributed by atoms with Gasteiger partial charge in [0.15, 0.2) is 0 Å². The van der Waals surface area contributed by atoms with Gasteiger partial charge in [0.1, 0.15) is 5.75 Å². The number of fused-ring (bicyclic) bond motifs is 1. The second kappa shape index (κ2) is 9.27. The molecule has 1 aliphatic carbocycles. The predicted molar refractivity (Wildman–Crippen MR) is 149 cm³/mol. The van der Waals surface area contributed by atoms with Crippen molar-refractivity contribution in [2.24, 2.45) is 11.8 Å². The normalized spacial score (nSPS) is 18.4. The van der Waals surface area contributed by atoms with E-state index in [4.69, 9.17) is 0 Å². The third-order valence-electron chi connectivity index (χ3n) is 7.17. The fraction of sp³-hybridized carbons (Fsp3) is 0.0909. The molecule has 4 aromatic carbocycles. The SMILES string of the molecule is CC1C(Nc2ccccc2-c2cccc(-c3ccccc3O)c2)=CC(c2ccccc2)=C2NC=C[C@H]21. The fourth-order valence-electron chi connectivity index (χ4n) is 5.24. The van der Waals surface area contributed by atoms with Crippen molar-refractivity contribution < 1.29 is 5.11 Å². The summed E-state index contributed by atoms with van der Waals surface area (Å²) in [6, 6.07) is 34.8. The van der Waals surface area contributed by atoms with Crippen LogP contribution in [0.5, 0.6) is 5.75 Å². The lowest BCUT2D eigenvalue weighted by atomic mass is 9.80. The van der Waals surface area contributed by atoms with Crippen LogP contribution in [0.4, 0.5) is 5.69 Å². The van der Waals surface area contributed by atoms with Crippen LogP contribution in [0, 0.1) is 11.8 Å². The highest BCUT2D eigenvalue weighted by Gasteiger charge is 2.32. The van der Waals surface area contributed by atoms with Crippen LogP contribution in [0.3, 0.4) is 0 Å². The van der Waals surface area contributed by atoms with E-state index in [1.165, 1.54) is 22.5 Å². The number of hydrogen-bond donors (Lipinski definition) is 3. The highest BCUT2D eigenvalue weighted by atomic mass is 16.3. The lowest BCUT2D eigenvalue weighted by Gasteiger charge is -2.31. The molecule has 0 bridgehead atoms. The van der Waals surface area contributed by atoms with Gasteiger partial charge < -0.3 is 15.7 Å². The van der Waals surface area contributed by atoms with Crippen LogP contribution in [0.15, 0.2) is 133 Å². The molecule has 36 heavy (non-hydrogen) atoms. The van der Waals surface area contributed by atoms with Crippen LogP contribution < -0.4 is 10.6 Å². The number of anilines is 1. The van der Waals surface area contributed by atoms with Gasteiger partial charge in [-0.3, -0.25) is 0 Å². The van der Waals surface area contributed by atoms with Crippen molar-refractivity contribution in [1.82, 2.24) is 5.32 Å². The lowest BCUT2D eigenvalue weighted by Crippen LogP contribution is -2.25. The first-order valence-electron chi connectivity index (χ1n) is 12.4. The number of nitrogens with one attached hydrogen (secondary N) is 2. The molecule has 6 rings (SSSR count). The Labute approximate surface area is 212 Å². The molecule has 3 nitrogen and oxygen atoms in total. The van der Waals surface area contributed by atoms with Gasteiger partial charge >= 0.3 is 0 Å². The molecular formula is C33H28N2O. The van der Waals surface area contributed by atoms with E-state index >= 15 is 0 Å². The van der Waals surface area contributed by atoms with Crippen molar-refractivity contribution in [1.29, 1.82) is 0 Å². The number of allylic oxidation sites excluding steroid dienone is 4. The Bertz CT molecular complexity index is 1510. The van der Waals surface area contributed by atoms with Gasteiger partial charge in [-0.1, -0.05) is 97.9 Å². The molecule has 3 heteroatoms. The Morgan fingerprint density at radius 2 is 1.39 bits per heavy atom. The second-order valence-corrected chi connectivity index (χ2v) is 9.38. The maximum absolute atomic E-state index is 10.4. The van der Waals surface area contributed by atoms with Gasteiger partial charge in [-0.25, -0.2) is 0 Å². The molecule has 0 amide bonds. The van der Waals surface area contributed by atoms with E-state index in [0.29, 0.717) is 11.8 Å². The maximum atomic E-state index is 10.4. The standard InChI is InChI=1S/C33H28N2O/c1-22-26-18-19-34-33(26)29(23-10-3-2-4-11-23)21-31(22)35-30-16-7-5-14-27(30)24-12-9-13-25(20-24)28-15-6-8-17-32(28)36/h2-22,26,34-36H,1H3/t22?,26-/m0/s1. The molecule has 0 aromatic heterocycles. The molecule has 2 atom stereocenters. The zero-order chi connectivity index (χ0) is 24.5. The molecule has 4 aromatic rings. The Kier molecular flexibility index (Phi) is 5.67. The predicted octanol–water partition coefficient (Wildman–Crippen LogP) is 7.82. The minimum absolute atomic E-state index is 0.288. The monoisotopic (exact) mass is 468 g/mol. The molecule has 3 N–H and O–H groups in total. The van der Waals surface area contributed by atoms with Gasteiger partial charge in [0.25, 0.3) is 0 Å². The average Bonchev–Trinajstić information content (AvgIpc) is 3.42. The summed E-state index contributed by atoms with van der Waals surface area (Å²) in [6.45, 7) is 2.28. The van der Waals surface area contributed by atoms with E-state index < -0.39 is 0 Å². The zero-order valence-electron chi connectivity index (χ0n) is 20.1. The third-order valence-corrected chi connectivity index (χ3v) is 7.17. The summed E-state index contributed by atoms with van der Waals surface area (Å²) in [6.07, 6.45) is 6.62. The van der Waals surface area contributed by atoms with Crippen LogP contribution in [0.25, 0.3) is 27.8 Å². The second-order valence-electron chi connectivity index (χ2n) is 9.38. The molecule has 0 fully saturated rings. The van der Waals surface area contributed by atoms with Gasteiger partial charge in [-0.2, -0.15) is 0 Å². The summed E-state index contributed by atoms with van der Waals surface area (Å²) in [4.78, 5) is 0. The summed E-state index contributed by atoms with van der Waals surface area (Å²) < 4.78 is 0. The zero-order valence-corrected chi connectivity index (χ0v) is 20.1. The molecule has 0 saturated heterocycles. The first kappa shape index (κ1) is 22.0. The highest BCUT2D eigenvalue weighted by molar-refractivity contribution is 5.85. The Morgan fingerprint density at radius 1 is 0.722 bits per heavy atom. The van der Waals surface area contributed by atoms with Crippen molar-refractivity contribution in [3.8, 4) is 28.0 Å². The third kappa shape index (κ3) is 3.99. The van der Waals surface area contributed by atoms with E-state index in [1.54, 1.807) is 6.07 Å². The smallest absolute Gasteiger partial charge is 0.123 e. The van der Waals surface area contributed by atoms with Gasteiger partial charge in [0.2, 0.25) is 0 Å². The summed E-state index contributed by atoms with van der Waals surface area (Å²) in [5.41, 5.74) is 10.0. The Hall–Kier alpha value is -4.50. The van der Waals surface area contributed by atoms with Crippen LogP contribution in [0.1, 0.15) is 12.5 Å². The molecule has 0 radical (unpaired) electrons. The largest absolute Gasteiger partial charge is 0.507 e. The topological polar surface area (TPSA) is 44.3 Å². The number of benzene rings is 4. The van der Waals surface area contributed by atoms with Crippen LogP contribution in [-0.4, -0.2) is 5.11 Å². The summed E-state index contributed by atoms with van der Waals surface area (Å²) >= 11 is 0. The molecule has 0 saturated carbocycles. The van der Waals surface area contributed by atoms with Crippen molar-refractivity contribution in [2.75, 3.05) is 5.32 Å². The number of para-hydroxylation sites is 2. The van der Waals surface area contributed by atoms with Crippen molar-refractivity contribution in [2.45, 2.75) is 6.92 Å². The van der Waals surface area contributed by atoms with Gasteiger partial charge in [0.05, 0.1) is 0 Å². The highest BCUT2D eigenvalue weighted by Crippen LogP contribution is 2.42. The maximum Gasteiger partial charge on any atom is 0.123 e. The van der Waals surface area contributed by atoms with E-state index in [2.05, 4.69) is 103 Å². The quantitative estimate of drug-likeness (QED) is 0.280. The fourth-order valence-corrected chi connectivity index (χ4v) is 5.24. The van der Waals surface area contributed by atoms with Gasteiger partial charge in [0, 0.05) is 45.6 Å². The minimum Gasteiger partial charge on any atom is -0.507 e. The van der Waals surface area contributed by atoms with E-state index in [0.717, 1.165) is 27.9 Å². The number of phenols is 1. The van der Waals surface area contributed by atoms with E-state index in [-0.39, 0.29) is 5.75 Å².